The van der Waals surface area contributed by atoms with Gasteiger partial charge in [0.25, 0.3) is 0 Å². The Balaban J connectivity index is 1.92. The van der Waals surface area contributed by atoms with E-state index in [2.05, 4.69) is 62.5 Å². The summed E-state index contributed by atoms with van der Waals surface area (Å²) in [6, 6.07) is 16.6. The number of hydrogen-bond donors (Lipinski definition) is 1. The smallest absolute Gasteiger partial charge is 0.230 e. The molecule has 1 atom stereocenters. The molecule has 3 heteroatoms. The van der Waals surface area contributed by atoms with Gasteiger partial charge in [-0.3, -0.25) is 4.79 Å². The fourth-order valence-electron chi connectivity index (χ4n) is 2.32. The first kappa shape index (κ1) is 16.6. The summed E-state index contributed by atoms with van der Waals surface area (Å²) in [6.45, 7) is 6.24. The van der Waals surface area contributed by atoms with Crippen molar-refractivity contribution in [1.29, 1.82) is 0 Å². The van der Waals surface area contributed by atoms with Crippen molar-refractivity contribution < 1.29 is 4.79 Å². The van der Waals surface area contributed by atoms with E-state index in [9.17, 15) is 4.79 Å². The van der Waals surface area contributed by atoms with E-state index in [1.807, 2.05) is 12.1 Å². The molecule has 2 nitrogen and oxygen atoms in total. The molecule has 1 N–H and O–H groups in total. The van der Waals surface area contributed by atoms with Gasteiger partial charge in [-0.1, -0.05) is 55.0 Å². The van der Waals surface area contributed by atoms with E-state index in [4.69, 9.17) is 0 Å². The van der Waals surface area contributed by atoms with E-state index in [1.54, 1.807) is 11.8 Å². The lowest BCUT2D eigenvalue weighted by Gasteiger charge is -2.17. The Morgan fingerprint density at radius 3 is 2.41 bits per heavy atom. The summed E-state index contributed by atoms with van der Waals surface area (Å²) in [5, 5.41) is 3.13. The summed E-state index contributed by atoms with van der Waals surface area (Å²) in [7, 11) is 0. The van der Waals surface area contributed by atoms with Crippen LogP contribution in [0.5, 0.6) is 0 Å². The van der Waals surface area contributed by atoms with Crippen LogP contribution in [0.2, 0.25) is 0 Å². The first-order valence-corrected chi connectivity index (χ1v) is 8.63. The molecule has 116 valence electrons. The highest BCUT2D eigenvalue weighted by atomic mass is 32.2. The van der Waals surface area contributed by atoms with Crippen molar-refractivity contribution in [3.63, 3.8) is 0 Å². The first-order chi connectivity index (χ1) is 10.6. The summed E-state index contributed by atoms with van der Waals surface area (Å²) >= 11 is 1.59. The van der Waals surface area contributed by atoms with Crippen molar-refractivity contribution in [2.24, 2.45) is 0 Å². The summed E-state index contributed by atoms with van der Waals surface area (Å²) in [4.78, 5) is 13.4. The van der Waals surface area contributed by atoms with E-state index in [0.717, 1.165) is 6.42 Å². The number of rotatable bonds is 6. The Morgan fingerprint density at radius 2 is 1.77 bits per heavy atom. The molecule has 0 aliphatic carbocycles. The van der Waals surface area contributed by atoms with Gasteiger partial charge in [0, 0.05) is 4.90 Å². The molecule has 0 bridgehead atoms. The lowest BCUT2D eigenvalue weighted by Crippen LogP contribution is -2.29. The molecule has 2 aromatic rings. The monoisotopic (exact) mass is 313 g/mol. The van der Waals surface area contributed by atoms with Crippen molar-refractivity contribution in [2.45, 2.75) is 38.1 Å². The number of amides is 1. The van der Waals surface area contributed by atoms with E-state index >= 15 is 0 Å². The van der Waals surface area contributed by atoms with Gasteiger partial charge in [0.05, 0.1) is 11.8 Å². The third kappa shape index (κ3) is 4.63. The molecule has 2 rings (SSSR count). The highest BCUT2D eigenvalue weighted by molar-refractivity contribution is 8.00. The Morgan fingerprint density at radius 1 is 1.09 bits per heavy atom. The minimum atomic E-state index is 0.0840. The lowest BCUT2D eigenvalue weighted by atomic mass is 10.0. The summed E-state index contributed by atoms with van der Waals surface area (Å²) in [5.74, 6) is 0.536. The zero-order valence-electron chi connectivity index (χ0n) is 13.4. The maximum absolute atomic E-state index is 12.2. The van der Waals surface area contributed by atoms with Gasteiger partial charge < -0.3 is 5.32 Å². The molecule has 2 aromatic carbocycles. The molecular formula is C19H23NOS. The van der Waals surface area contributed by atoms with Crippen LogP contribution in [0.3, 0.4) is 0 Å². The SMILES string of the molecule is CC[C@H](NC(=O)CSc1ccccc1C)c1ccc(C)cc1. The second kappa shape index (κ2) is 8.04. The van der Waals surface area contributed by atoms with Crippen molar-refractivity contribution in [3.8, 4) is 0 Å². The van der Waals surface area contributed by atoms with Crippen LogP contribution in [0.25, 0.3) is 0 Å². The van der Waals surface area contributed by atoms with Crippen LogP contribution in [-0.2, 0) is 4.79 Å². The fraction of sp³-hybridized carbons (Fsp3) is 0.316. The molecule has 0 aliphatic heterocycles. The van der Waals surface area contributed by atoms with E-state index < -0.39 is 0 Å². The van der Waals surface area contributed by atoms with Gasteiger partial charge in [-0.25, -0.2) is 0 Å². The zero-order valence-corrected chi connectivity index (χ0v) is 14.2. The van der Waals surface area contributed by atoms with Crippen LogP contribution in [0.15, 0.2) is 53.4 Å². The van der Waals surface area contributed by atoms with Crippen molar-refractivity contribution in [1.82, 2.24) is 5.32 Å². The Labute approximate surface area is 137 Å². The summed E-state index contributed by atoms with van der Waals surface area (Å²) in [6.07, 6.45) is 0.893. The number of thioether (sulfide) groups is 1. The van der Waals surface area contributed by atoms with E-state index in [0.29, 0.717) is 5.75 Å². The molecule has 22 heavy (non-hydrogen) atoms. The lowest BCUT2D eigenvalue weighted by molar-refractivity contribution is -0.119. The van der Waals surface area contributed by atoms with E-state index in [1.165, 1.54) is 21.6 Å². The number of carbonyl (C=O) groups is 1. The minimum Gasteiger partial charge on any atom is -0.349 e. The average Bonchev–Trinajstić information content (AvgIpc) is 2.53. The predicted octanol–water partition coefficient (Wildman–Crippen LogP) is 4.66. The van der Waals surface area contributed by atoms with Crippen molar-refractivity contribution in [3.05, 3.63) is 65.2 Å². The normalized spacial score (nSPS) is 12.0. The molecule has 0 saturated heterocycles. The topological polar surface area (TPSA) is 29.1 Å². The third-order valence-corrected chi connectivity index (χ3v) is 4.85. The minimum absolute atomic E-state index is 0.0840. The Bertz CT molecular complexity index is 622. The van der Waals surface area contributed by atoms with Crippen LogP contribution in [0, 0.1) is 13.8 Å². The van der Waals surface area contributed by atoms with Crippen molar-refractivity contribution in [2.75, 3.05) is 5.75 Å². The molecule has 0 fully saturated rings. The molecule has 0 radical (unpaired) electrons. The van der Waals surface area contributed by atoms with Crippen molar-refractivity contribution >= 4 is 17.7 Å². The van der Waals surface area contributed by atoms with Crippen LogP contribution in [0.4, 0.5) is 0 Å². The van der Waals surface area contributed by atoms with Gasteiger partial charge in [0.15, 0.2) is 0 Å². The largest absolute Gasteiger partial charge is 0.349 e. The van der Waals surface area contributed by atoms with Gasteiger partial charge in [0.1, 0.15) is 0 Å². The molecule has 1 amide bonds. The third-order valence-electron chi connectivity index (χ3n) is 3.68. The number of carbonyl (C=O) groups excluding carboxylic acids is 1. The van der Waals surface area contributed by atoms with Gasteiger partial charge in [-0.05, 0) is 37.5 Å². The summed E-state index contributed by atoms with van der Waals surface area (Å²) in [5.41, 5.74) is 3.62. The highest BCUT2D eigenvalue weighted by Gasteiger charge is 2.13. The molecule has 0 unspecified atom stereocenters. The quantitative estimate of drug-likeness (QED) is 0.786. The Kier molecular flexibility index (Phi) is 6.08. The van der Waals surface area contributed by atoms with Crippen LogP contribution in [0.1, 0.15) is 36.1 Å². The molecule has 0 spiro atoms. The van der Waals surface area contributed by atoms with Crippen LogP contribution in [-0.4, -0.2) is 11.7 Å². The average molecular weight is 313 g/mol. The standard InChI is InChI=1S/C19H23NOS/c1-4-17(16-11-9-14(2)10-12-16)20-19(21)13-22-18-8-6-5-7-15(18)3/h5-12,17H,4,13H2,1-3H3,(H,20,21)/t17-/m0/s1. The van der Waals surface area contributed by atoms with Gasteiger partial charge in [0.2, 0.25) is 5.91 Å². The first-order valence-electron chi connectivity index (χ1n) is 7.64. The molecule has 0 aromatic heterocycles. The number of hydrogen-bond acceptors (Lipinski definition) is 2. The van der Waals surface area contributed by atoms with Gasteiger partial charge >= 0.3 is 0 Å². The number of aryl methyl sites for hydroxylation is 2. The fourth-order valence-corrected chi connectivity index (χ4v) is 3.16. The number of benzene rings is 2. The zero-order chi connectivity index (χ0) is 15.9. The maximum Gasteiger partial charge on any atom is 0.230 e. The maximum atomic E-state index is 12.2. The molecule has 0 saturated carbocycles. The number of nitrogens with one attached hydrogen (secondary N) is 1. The molecular weight excluding hydrogens is 290 g/mol. The highest BCUT2D eigenvalue weighted by Crippen LogP contribution is 2.22. The Hall–Kier alpha value is -1.74. The predicted molar refractivity (Wildman–Crippen MR) is 94.3 cm³/mol. The van der Waals surface area contributed by atoms with Gasteiger partial charge in [-0.2, -0.15) is 0 Å². The summed E-state index contributed by atoms with van der Waals surface area (Å²) < 4.78 is 0. The van der Waals surface area contributed by atoms with Crippen LogP contribution < -0.4 is 5.32 Å². The molecule has 0 aliphatic rings. The molecule has 0 heterocycles. The van der Waals surface area contributed by atoms with E-state index in [-0.39, 0.29) is 11.9 Å². The van der Waals surface area contributed by atoms with Crippen LogP contribution >= 0.6 is 11.8 Å². The second-order valence-electron chi connectivity index (χ2n) is 5.49. The second-order valence-corrected chi connectivity index (χ2v) is 6.51. The van der Waals surface area contributed by atoms with Gasteiger partial charge in [-0.15, -0.1) is 11.8 Å².